The molecule has 1 N–H and O–H groups in total. The van der Waals surface area contributed by atoms with Crippen LogP contribution in [0.3, 0.4) is 0 Å². The first-order chi connectivity index (χ1) is 11.4. The number of para-hydroxylation sites is 1. The lowest BCUT2D eigenvalue weighted by Crippen LogP contribution is -2.23. The number of sulfone groups is 1. The maximum Gasteiger partial charge on any atom is 0.273 e. The zero-order valence-corrected chi connectivity index (χ0v) is 13.8. The molecule has 124 valence electrons. The maximum atomic E-state index is 12.4. The van der Waals surface area contributed by atoms with Crippen LogP contribution in [0.1, 0.15) is 18.1 Å². The molecule has 6 nitrogen and oxygen atoms in total. The van der Waals surface area contributed by atoms with Gasteiger partial charge in [-0.25, -0.2) is 8.42 Å². The number of amides is 1. The van der Waals surface area contributed by atoms with E-state index in [-0.39, 0.29) is 22.4 Å². The predicted octanol–water partition coefficient (Wildman–Crippen LogP) is 2.55. The van der Waals surface area contributed by atoms with Gasteiger partial charge < -0.3 is 10.2 Å². The minimum absolute atomic E-state index is 0.0671. The van der Waals surface area contributed by atoms with Crippen LogP contribution in [0.15, 0.2) is 64.6 Å². The third-order valence-electron chi connectivity index (χ3n) is 3.64. The SMILES string of the molecule is CS(=O)(=O)c1ccccc1NC(=O)C1=NO[C@@H](c2ccccc2)C1. The molecule has 3 rings (SSSR count). The van der Waals surface area contributed by atoms with E-state index in [2.05, 4.69) is 10.5 Å². The van der Waals surface area contributed by atoms with Crippen molar-refractivity contribution in [2.24, 2.45) is 5.16 Å². The van der Waals surface area contributed by atoms with Crippen LogP contribution in [0.2, 0.25) is 0 Å². The summed E-state index contributed by atoms with van der Waals surface area (Å²) in [5.41, 5.74) is 1.39. The Balaban J connectivity index is 1.74. The summed E-state index contributed by atoms with van der Waals surface area (Å²) in [6, 6.07) is 15.7. The minimum Gasteiger partial charge on any atom is -0.387 e. The molecule has 2 aromatic rings. The van der Waals surface area contributed by atoms with Gasteiger partial charge in [0, 0.05) is 12.7 Å². The quantitative estimate of drug-likeness (QED) is 0.924. The van der Waals surface area contributed by atoms with E-state index < -0.39 is 15.7 Å². The van der Waals surface area contributed by atoms with E-state index in [4.69, 9.17) is 4.84 Å². The number of anilines is 1. The van der Waals surface area contributed by atoms with Gasteiger partial charge in [0.15, 0.2) is 15.9 Å². The normalized spacial score (nSPS) is 17.0. The number of rotatable bonds is 4. The number of nitrogens with zero attached hydrogens (tertiary/aromatic N) is 1. The molecule has 1 heterocycles. The zero-order chi connectivity index (χ0) is 17.2. The Kier molecular flexibility index (Phi) is 4.35. The van der Waals surface area contributed by atoms with Gasteiger partial charge in [-0.05, 0) is 17.7 Å². The van der Waals surface area contributed by atoms with Crippen LogP contribution < -0.4 is 5.32 Å². The average Bonchev–Trinajstić information content (AvgIpc) is 3.05. The molecule has 1 aliphatic rings. The van der Waals surface area contributed by atoms with Gasteiger partial charge in [0.1, 0.15) is 5.71 Å². The van der Waals surface area contributed by atoms with Crippen LogP contribution in [-0.2, 0) is 19.5 Å². The Bertz CT molecular complexity index is 892. The second kappa shape index (κ2) is 6.45. The Morgan fingerprint density at radius 1 is 1.12 bits per heavy atom. The topological polar surface area (TPSA) is 84.8 Å². The number of benzene rings is 2. The molecular formula is C17H16N2O4S. The van der Waals surface area contributed by atoms with E-state index in [1.54, 1.807) is 18.2 Å². The fourth-order valence-corrected chi connectivity index (χ4v) is 3.29. The second-order valence-corrected chi connectivity index (χ2v) is 7.45. The molecule has 0 aromatic heterocycles. The molecule has 0 spiro atoms. The fourth-order valence-electron chi connectivity index (χ4n) is 2.45. The molecular weight excluding hydrogens is 328 g/mol. The highest BCUT2D eigenvalue weighted by atomic mass is 32.2. The molecule has 24 heavy (non-hydrogen) atoms. The van der Waals surface area contributed by atoms with Crippen molar-refractivity contribution in [1.29, 1.82) is 0 Å². The number of carbonyl (C=O) groups is 1. The van der Waals surface area contributed by atoms with E-state index in [9.17, 15) is 13.2 Å². The number of oxime groups is 1. The summed E-state index contributed by atoms with van der Waals surface area (Å²) in [5, 5.41) is 6.44. The highest BCUT2D eigenvalue weighted by molar-refractivity contribution is 7.90. The number of hydrogen-bond acceptors (Lipinski definition) is 5. The number of carbonyl (C=O) groups excluding carboxylic acids is 1. The molecule has 2 aromatic carbocycles. The highest BCUT2D eigenvalue weighted by Gasteiger charge is 2.28. The standard InChI is InChI=1S/C17H16N2O4S/c1-24(21,22)16-10-6-5-9-13(16)18-17(20)14-11-15(23-19-14)12-7-3-2-4-8-12/h2-10,15H,11H2,1H3,(H,18,20)/t15-/m1/s1. The van der Waals surface area contributed by atoms with Crippen molar-refractivity contribution in [3.63, 3.8) is 0 Å². The van der Waals surface area contributed by atoms with Crippen molar-refractivity contribution in [3.05, 3.63) is 60.2 Å². The Morgan fingerprint density at radius 3 is 2.50 bits per heavy atom. The van der Waals surface area contributed by atoms with E-state index in [1.165, 1.54) is 6.07 Å². The summed E-state index contributed by atoms with van der Waals surface area (Å²) < 4.78 is 23.6. The first kappa shape index (κ1) is 16.2. The third-order valence-corrected chi connectivity index (χ3v) is 4.79. The average molecular weight is 344 g/mol. The smallest absolute Gasteiger partial charge is 0.273 e. The molecule has 0 fully saturated rings. The van der Waals surface area contributed by atoms with Crippen molar-refractivity contribution in [3.8, 4) is 0 Å². The monoisotopic (exact) mass is 344 g/mol. The summed E-state index contributed by atoms with van der Waals surface area (Å²) in [7, 11) is -3.44. The molecule has 1 aliphatic heterocycles. The zero-order valence-electron chi connectivity index (χ0n) is 13.0. The molecule has 0 aliphatic carbocycles. The minimum atomic E-state index is -3.44. The molecule has 1 atom stereocenters. The number of hydrogen-bond donors (Lipinski definition) is 1. The van der Waals surface area contributed by atoms with Gasteiger partial charge in [0.25, 0.3) is 5.91 Å². The molecule has 0 saturated carbocycles. The lowest BCUT2D eigenvalue weighted by Gasteiger charge is -2.09. The van der Waals surface area contributed by atoms with Gasteiger partial charge in [-0.15, -0.1) is 0 Å². The summed E-state index contributed by atoms with van der Waals surface area (Å²) in [4.78, 5) is 17.7. The van der Waals surface area contributed by atoms with Gasteiger partial charge in [-0.1, -0.05) is 47.6 Å². The van der Waals surface area contributed by atoms with Gasteiger partial charge in [0.2, 0.25) is 0 Å². The van der Waals surface area contributed by atoms with Gasteiger partial charge in [0.05, 0.1) is 10.6 Å². The first-order valence-electron chi connectivity index (χ1n) is 7.33. The van der Waals surface area contributed by atoms with E-state index in [0.29, 0.717) is 6.42 Å². The first-order valence-corrected chi connectivity index (χ1v) is 9.22. The van der Waals surface area contributed by atoms with Gasteiger partial charge in [-0.3, -0.25) is 4.79 Å². The van der Waals surface area contributed by atoms with E-state index in [1.807, 2.05) is 30.3 Å². The Labute approximate surface area is 140 Å². The lowest BCUT2D eigenvalue weighted by atomic mass is 10.0. The predicted molar refractivity (Wildman–Crippen MR) is 90.5 cm³/mol. The maximum absolute atomic E-state index is 12.4. The van der Waals surface area contributed by atoms with Crippen molar-refractivity contribution < 1.29 is 18.0 Å². The molecule has 0 radical (unpaired) electrons. The van der Waals surface area contributed by atoms with Crippen LogP contribution >= 0.6 is 0 Å². The fraction of sp³-hybridized carbons (Fsp3) is 0.176. The third kappa shape index (κ3) is 3.46. The largest absolute Gasteiger partial charge is 0.387 e. The van der Waals surface area contributed by atoms with E-state index >= 15 is 0 Å². The van der Waals surface area contributed by atoms with Crippen molar-refractivity contribution in [1.82, 2.24) is 0 Å². The summed E-state index contributed by atoms with van der Waals surface area (Å²) in [6.07, 6.45) is 1.12. The van der Waals surface area contributed by atoms with E-state index in [0.717, 1.165) is 11.8 Å². The molecule has 1 amide bonds. The second-order valence-electron chi connectivity index (χ2n) is 5.47. The van der Waals surface area contributed by atoms with Crippen LogP contribution in [-0.4, -0.2) is 26.3 Å². The molecule has 0 unspecified atom stereocenters. The molecule has 7 heteroatoms. The van der Waals surface area contributed by atoms with Crippen LogP contribution in [0.5, 0.6) is 0 Å². The summed E-state index contributed by atoms with van der Waals surface area (Å²) in [5.74, 6) is -0.468. The van der Waals surface area contributed by atoms with Crippen LogP contribution in [0, 0.1) is 0 Å². The van der Waals surface area contributed by atoms with Crippen molar-refractivity contribution >= 4 is 27.1 Å². The lowest BCUT2D eigenvalue weighted by molar-refractivity contribution is -0.110. The Morgan fingerprint density at radius 2 is 1.79 bits per heavy atom. The van der Waals surface area contributed by atoms with Crippen LogP contribution in [0.4, 0.5) is 5.69 Å². The summed E-state index contributed by atoms with van der Waals surface area (Å²) in [6.45, 7) is 0. The van der Waals surface area contributed by atoms with Gasteiger partial charge in [-0.2, -0.15) is 0 Å². The molecule has 0 saturated heterocycles. The molecule has 0 bridgehead atoms. The van der Waals surface area contributed by atoms with Gasteiger partial charge >= 0.3 is 0 Å². The van der Waals surface area contributed by atoms with Crippen LogP contribution in [0.25, 0.3) is 0 Å². The van der Waals surface area contributed by atoms with Crippen molar-refractivity contribution in [2.75, 3.05) is 11.6 Å². The summed E-state index contributed by atoms with van der Waals surface area (Å²) >= 11 is 0. The van der Waals surface area contributed by atoms with Crippen molar-refractivity contribution in [2.45, 2.75) is 17.4 Å². The Hall–Kier alpha value is -2.67. The highest BCUT2D eigenvalue weighted by Crippen LogP contribution is 2.28. The number of nitrogens with one attached hydrogen (secondary N) is 1.